The van der Waals surface area contributed by atoms with E-state index in [2.05, 4.69) is 15.3 Å². The molecule has 4 rings (SSSR count). The molecule has 0 aliphatic carbocycles. The Balaban J connectivity index is 2.07. The van der Waals surface area contributed by atoms with Crippen molar-refractivity contribution < 1.29 is 4.39 Å². The summed E-state index contributed by atoms with van der Waals surface area (Å²) in [7, 11) is 0. The molecule has 0 aliphatic rings. The van der Waals surface area contributed by atoms with Gasteiger partial charge in [0.25, 0.3) is 0 Å². The summed E-state index contributed by atoms with van der Waals surface area (Å²) in [6.07, 6.45) is 3.53. The van der Waals surface area contributed by atoms with Gasteiger partial charge in [0.1, 0.15) is 11.6 Å². The van der Waals surface area contributed by atoms with E-state index >= 15 is 0 Å². The first-order chi connectivity index (χ1) is 10.1. The average Bonchev–Trinajstić information content (AvgIpc) is 3.04. The summed E-state index contributed by atoms with van der Waals surface area (Å²) in [4.78, 5) is 0. The molecule has 0 bridgehead atoms. The summed E-state index contributed by atoms with van der Waals surface area (Å²) in [6, 6.07) is 7.09. The number of nitrogen functional groups attached to an aromatic ring is 1. The van der Waals surface area contributed by atoms with Crippen molar-refractivity contribution in [1.29, 1.82) is 0 Å². The van der Waals surface area contributed by atoms with E-state index in [1.165, 1.54) is 6.07 Å². The number of anilines is 1. The number of nitrogens with zero attached hydrogens (tertiary/aromatic N) is 3. The number of hydrogen-bond acceptors (Lipinski definition) is 3. The van der Waals surface area contributed by atoms with E-state index in [1.807, 2.05) is 18.3 Å². The summed E-state index contributed by atoms with van der Waals surface area (Å²) in [5.41, 5.74) is 9.59. The fourth-order valence-electron chi connectivity index (χ4n) is 2.70. The van der Waals surface area contributed by atoms with Crippen molar-refractivity contribution >= 4 is 22.2 Å². The second kappa shape index (κ2) is 4.05. The molecular weight excluding hydrogens is 269 g/mol. The van der Waals surface area contributed by atoms with Crippen LogP contribution in [0.3, 0.4) is 0 Å². The number of fused-ring (bicyclic) bond motifs is 2. The minimum Gasteiger partial charge on any atom is -0.382 e. The van der Waals surface area contributed by atoms with Gasteiger partial charge < -0.3 is 5.73 Å². The van der Waals surface area contributed by atoms with Gasteiger partial charge >= 0.3 is 0 Å². The largest absolute Gasteiger partial charge is 0.382 e. The van der Waals surface area contributed by atoms with Crippen molar-refractivity contribution in [3.63, 3.8) is 0 Å². The van der Waals surface area contributed by atoms with Crippen molar-refractivity contribution in [3.05, 3.63) is 48.0 Å². The van der Waals surface area contributed by atoms with Crippen molar-refractivity contribution in [2.75, 3.05) is 5.73 Å². The van der Waals surface area contributed by atoms with E-state index in [9.17, 15) is 4.39 Å². The van der Waals surface area contributed by atoms with Gasteiger partial charge in [-0.3, -0.25) is 5.10 Å². The molecule has 0 radical (unpaired) electrons. The third kappa shape index (κ3) is 1.69. The van der Waals surface area contributed by atoms with Gasteiger partial charge in [-0.1, -0.05) is 0 Å². The molecule has 0 aliphatic heterocycles. The molecule has 3 heterocycles. The lowest BCUT2D eigenvalue weighted by molar-refractivity contribution is 0.621. The number of aromatic nitrogens is 4. The van der Waals surface area contributed by atoms with E-state index in [-0.39, 0.29) is 5.82 Å². The molecule has 3 N–H and O–H groups in total. The number of hydrogen-bond donors (Lipinski definition) is 2. The molecule has 0 fully saturated rings. The van der Waals surface area contributed by atoms with Crippen LogP contribution in [0.25, 0.3) is 27.5 Å². The first-order valence-electron chi connectivity index (χ1n) is 6.51. The Bertz CT molecular complexity index is 982. The number of H-pyrrole nitrogens is 1. The number of benzene rings is 1. The SMILES string of the molecule is Cc1c(F)cc2[nH]ncc2c1-c1ccn2nc(N)cc2c1. The van der Waals surface area contributed by atoms with Crippen molar-refractivity contribution in [1.82, 2.24) is 19.8 Å². The molecule has 0 atom stereocenters. The average molecular weight is 281 g/mol. The van der Waals surface area contributed by atoms with Crippen molar-refractivity contribution in [2.24, 2.45) is 0 Å². The summed E-state index contributed by atoms with van der Waals surface area (Å²) in [5.74, 6) is 0.200. The van der Waals surface area contributed by atoms with Gasteiger partial charge in [-0.25, -0.2) is 8.91 Å². The van der Waals surface area contributed by atoms with E-state index in [0.717, 1.165) is 22.0 Å². The van der Waals surface area contributed by atoms with Crippen LogP contribution < -0.4 is 5.73 Å². The number of nitrogens with two attached hydrogens (primary N) is 1. The molecule has 6 heteroatoms. The summed E-state index contributed by atoms with van der Waals surface area (Å²) < 4.78 is 15.8. The van der Waals surface area contributed by atoms with Gasteiger partial charge in [0.15, 0.2) is 0 Å². The minimum absolute atomic E-state index is 0.255. The molecule has 0 saturated carbocycles. The fourth-order valence-corrected chi connectivity index (χ4v) is 2.70. The third-order valence-corrected chi connectivity index (χ3v) is 3.71. The van der Waals surface area contributed by atoms with Gasteiger partial charge in [0.05, 0.1) is 17.2 Å². The van der Waals surface area contributed by atoms with Crippen LogP contribution in [0.5, 0.6) is 0 Å². The Morgan fingerprint density at radius 3 is 3.00 bits per heavy atom. The quantitative estimate of drug-likeness (QED) is 0.563. The zero-order valence-corrected chi connectivity index (χ0v) is 11.3. The Hall–Kier alpha value is -2.89. The Morgan fingerprint density at radius 1 is 1.29 bits per heavy atom. The second-order valence-electron chi connectivity index (χ2n) is 5.04. The van der Waals surface area contributed by atoms with Gasteiger partial charge in [0.2, 0.25) is 0 Å². The molecule has 0 spiro atoms. The molecule has 1 aromatic carbocycles. The summed E-state index contributed by atoms with van der Waals surface area (Å²) >= 11 is 0. The van der Waals surface area contributed by atoms with Gasteiger partial charge in [-0.05, 0) is 41.8 Å². The van der Waals surface area contributed by atoms with Crippen LogP contribution in [-0.2, 0) is 0 Å². The molecule has 3 aromatic heterocycles. The number of aromatic amines is 1. The van der Waals surface area contributed by atoms with Crippen LogP contribution in [0, 0.1) is 12.7 Å². The number of nitrogens with one attached hydrogen (secondary N) is 1. The van der Waals surface area contributed by atoms with E-state index in [4.69, 9.17) is 5.73 Å². The molecule has 0 amide bonds. The predicted molar refractivity (Wildman–Crippen MR) is 79.4 cm³/mol. The van der Waals surface area contributed by atoms with Gasteiger partial charge in [0, 0.05) is 17.6 Å². The molecule has 104 valence electrons. The highest BCUT2D eigenvalue weighted by Gasteiger charge is 2.14. The fraction of sp³-hybridized carbons (Fsp3) is 0.0667. The first kappa shape index (κ1) is 11.9. The highest BCUT2D eigenvalue weighted by molar-refractivity contribution is 5.96. The van der Waals surface area contributed by atoms with E-state index < -0.39 is 0 Å². The van der Waals surface area contributed by atoms with Crippen LogP contribution in [0.4, 0.5) is 10.2 Å². The van der Waals surface area contributed by atoms with E-state index in [0.29, 0.717) is 16.9 Å². The maximum absolute atomic E-state index is 14.1. The Kier molecular flexibility index (Phi) is 2.29. The molecule has 5 nitrogen and oxygen atoms in total. The molecule has 4 aromatic rings. The number of pyridine rings is 1. The Labute approximate surface area is 119 Å². The molecule has 0 unspecified atom stereocenters. The lowest BCUT2D eigenvalue weighted by atomic mass is 9.97. The van der Waals surface area contributed by atoms with Crippen LogP contribution in [0.2, 0.25) is 0 Å². The maximum Gasteiger partial charge on any atom is 0.146 e. The maximum atomic E-state index is 14.1. The van der Waals surface area contributed by atoms with Crippen molar-refractivity contribution in [3.8, 4) is 11.1 Å². The predicted octanol–water partition coefficient (Wildman–Crippen LogP) is 2.91. The highest BCUT2D eigenvalue weighted by Crippen LogP contribution is 2.33. The number of rotatable bonds is 1. The third-order valence-electron chi connectivity index (χ3n) is 3.71. The van der Waals surface area contributed by atoms with Crippen LogP contribution in [0.15, 0.2) is 36.7 Å². The lowest BCUT2D eigenvalue weighted by Gasteiger charge is -2.09. The summed E-state index contributed by atoms with van der Waals surface area (Å²) in [6.45, 7) is 1.77. The van der Waals surface area contributed by atoms with Crippen LogP contribution in [0.1, 0.15) is 5.56 Å². The van der Waals surface area contributed by atoms with Crippen LogP contribution in [-0.4, -0.2) is 19.8 Å². The smallest absolute Gasteiger partial charge is 0.146 e. The van der Waals surface area contributed by atoms with Gasteiger partial charge in [-0.2, -0.15) is 10.2 Å². The van der Waals surface area contributed by atoms with E-state index in [1.54, 1.807) is 23.7 Å². The first-order valence-corrected chi connectivity index (χ1v) is 6.51. The topological polar surface area (TPSA) is 72.0 Å². The summed E-state index contributed by atoms with van der Waals surface area (Å²) in [5, 5.41) is 11.9. The van der Waals surface area contributed by atoms with Crippen molar-refractivity contribution in [2.45, 2.75) is 6.92 Å². The Morgan fingerprint density at radius 2 is 2.14 bits per heavy atom. The number of halogens is 1. The van der Waals surface area contributed by atoms with Gasteiger partial charge in [-0.15, -0.1) is 0 Å². The lowest BCUT2D eigenvalue weighted by Crippen LogP contribution is -1.92. The molecular formula is C15H12FN5. The standard InChI is InChI=1S/C15H12FN5/c1-8-12(16)6-13-11(7-18-19-13)15(8)9-2-3-21-10(4-9)5-14(17)20-21/h2-7H,1H3,(H2,17,20)(H,18,19). The molecule has 0 saturated heterocycles. The molecule has 21 heavy (non-hydrogen) atoms. The highest BCUT2D eigenvalue weighted by atomic mass is 19.1. The van der Waals surface area contributed by atoms with Crippen LogP contribution >= 0.6 is 0 Å². The zero-order valence-electron chi connectivity index (χ0n) is 11.3. The monoisotopic (exact) mass is 281 g/mol. The normalized spacial score (nSPS) is 11.5. The second-order valence-corrected chi connectivity index (χ2v) is 5.04. The minimum atomic E-state index is -0.255. The zero-order chi connectivity index (χ0) is 14.6.